The maximum absolute atomic E-state index is 13.8. The van der Waals surface area contributed by atoms with Gasteiger partial charge in [0.25, 0.3) is 5.91 Å². The molecule has 1 aromatic heterocycles. The van der Waals surface area contributed by atoms with E-state index in [1.807, 2.05) is 31.2 Å². The molecule has 2 N–H and O–H groups in total. The number of halogens is 1. The molecule has 3 aliphatic rings. The largest absolute Gasteiger partial charge is 0.508 e. The maximum Gasteiger partial charge on any atom is 0.328 e. The molecule has 2 fully saturated rings. The zero-order chi connectivity index (χ0) is 23.6. The second-order valence-corrected chi connectivity index (χ2v) is 10.2. The van der Waals surface area contributed by atoms with Crippen LogP contribution in [0, 0.1) is 0 Å². The van der Waals surface area contributed by atoms with Crippen LogP contribution < -0.4 is 0 Å². The third-order valence-corrected chi connectivity index (χ3v) is 7.89. The van der Waals surface area contributed by atoms with Gasteiger partial charge >= 0.3 is 6.03 Å². The summed E-state index contributed by atoms with van der Waals surface area (Å²) in [7, 11) is 0. The number of fused-ring (bicyclic) bond motifs is 4. The fourth-order valence-corrected chi connectivity index (χ4v) is 6.14. The van der Waals surface area contributed by atoms with E-state index < -0.39 is 11.6 Å². The topological polar surface area (TPSA) is 79.9 Å². The Morgan fingerprint density at radius 1 is 1.12 bits per heavy atom. The predicted octanol–water partition coefficient (Wildman–Crippen LogP) is 4.29. The molecule has 4 heterocycles. The lowest BCUT2D eigenvalue weighted by Crippen LogP contribution is -2.53. The van der Waals surface area contributed by atoms with Crippen molar-refractivity contribution in [1.82, 2.24) is 19.7 Å². The maximum atomic E-state index is 13.8. The number of likely N-dealkylation sites (tertiary alicyclic amines) is 1. The number of H-pyrrole nitrogens is 1. The van der Waals surface area contributed by atoms with Gasteiger partial charge in [0.05, 0.1) is 0 Å². The number of carbonyl (C=O) groups excluding carboxylic acids is 2. The van der Waals surface area contributed by atoms with Crippen molar-refractivity contribution in [2.75, 3.05) is 26.2 Å². The van der Waals surface area contributed by atoms with Gasteiger partial charge in [0, 0.05) is 41.1 Å². The Morgan fingerprint density at radius 3 is 2.68 bits per heavy atom. The van der Waals surface area contributed by atoms with Gasteiger partial charge in [-0.1, -0.05) is 23.7 Å². The van der Waals surface area contributed by atoms with Gasteiger partial charge < -0.3 is 15.0 Å². The van der Waals surface area contributed by atoms with Crippen molar-refractivity contribution >= 4 is 34.4 Å². The molecule has 7 nitrogen and oxygen atoms in total. The van der Waals surface area contributed by atoms with Crippen LogP contribution in [0.15, 0.2) is 42.5 Å². The number of amides is 3. The number of hydrogen-bond donors (Lipinski definition) is 2. The van der Waals surface area contributed by atoms with E-state index in [4.69, 9.17) is 11.6 Å². The van der Waals surface area contributed by atoms with Crippen LogP contribution in [0.25, 0.3) is 10.9 Å². The number of nitrogens with zero attached hydrogens (tertiary/aromatic N) is 3. The molecule has 0 bridgehead atoms. The summed E-state index contributed by atoms with van der Waals surface area (Å²) in [5, 5.41) is 11.8. The molecule has 2 unspecified atom stereocenters. The third kappa shape index (κ3) is 3.14. The van der Waals surface area contributed by atoms with Crippen molar-refractivity contribution in [3.63, 3.8) is 0 Å². The van der Waals surface area contributed by atoms with E-state index in [0.29, 0.717) is 24.5 Å². The highest BCUT2D eigenvalue weighted by molar-refractivity contribution is 6.31. The molecule has 176 valence electrons. The zero-order valence-corrected chi connectivity index (χ0v) is 19.8. The molecule has 3 amide bonds. The molecular weight excluding hydrogens is 452 g/mol. The summed E-state index contributed by atoms with van der Waals surface area (Å²) in [5.74, 6) is -0.0433. The highest BCUT2D eigenvalue weighted by atomic mass is 35.5. The summed E-state index contributed by atoms with van der Waals surface area (Å²) < 4.78 is 0. The number of aromatic amines is 1. The SMILES string of the molecule is CC12Cc3c([nH]c4ccc(Cl)cc34)C(c3cccc(O)c3)N1C(=O)N(CCN1CCCC1)C2=O. The van der Waals surface area contributed by atoms with Crippen LogP contribution in [0.4, 0.5) is 4.79 Å². The van der Waals surface area contributed by atoms with E-state index in [9.17, 15) is 14.7 Å². The average Bonchev–Trinajstić information content (AvgIpc) is 3.49. The Kier molecular flexibility index (Phi) is 4.90. The summed E-state index contributed by atoms with van der Waals surface area (Å²) in [5.41, 5.74) is 2.50. The minimum atomic E-state index is -1.03. The molecule has 8 heteroatoms. The van der Waals surface area contributed by atoms with Crippen molar-refractivity contribution in [2.45, 2.75) is 37.8 Å². The minimum absolute atomic E-state index is 0.120. The number of urea groups is 1. The van der Waals surface area contributed by atoms with Crippen LogP contribution >= 0.6 is 11.6 Å². The quantitative estimate of drug-likeness (QED) is 0.548. The van der Waals surface area contributed by atoms with Gasteiger partial charge in [-0.2, -0.15) is 0 Å². The number of nitrogens with one attached hydrogen (secondary N) is 1. The lowest BCUT2D eigenvalue weighted by Gasteiger charge is -2.42. The van der Waals surface area contributed by atoms with Gasteiger partial charge in [0.1, 0.15) is 17.3 Å². The van der Waals surface area contributed by atoms with Crippen molar-refractivity contribution in [1.29, 1.82) is 0 Å². The fraction of sp³-hybridized carbons (Fsp3) is 0.385. The number of hydrogen-bond acceptors (Lipinski definition) is 4. The number of aromatic nitrogens is 1. The average molecular weight is 479 g/mol. The van der Waals surface area contributed by atoms with Crippen LogP contribution in [0.2, 0.25) is 5.02 Å². The van der Waals surface area contributed by atoms with Crippen molar-refractivity contribution < 1.29 is 14.7 Å². The molecule has 2 atom stereocenters. The highest BCUT2D eigenvalue weighted by Crippen LogP contribution is 2.49. The molecule has 6 rings (SSSR count). The van der Waals surface area contributed by atoms with E-state index in [1.54, 1.807) is 23.1 Å². The smallest absolute Gasteiger partial charge is 0.328 e. The number of carbonyl (C=O) groups is 2. The lowest BCUT2D eigenvalue weighted by atomic mass is 9.81. The molecule has 3 aliphatic heterocycles. The number of phenolic OH excluding ortho intramolecular Hbond substituents is 1. The highest BCUT2D eigenvalue weighted by Gasteiger charge is 2.60. The van der Waals surface area contributed by atoms with Gasteiger partial charge in [-0.15, -0.1) is 0 Å². The van der Waals surface area contributed by atoms with E-state index in [1.165, 1.54) is 4.90 Å². The molecule has 3 aromatic rings. The zero-order valence-electron chi connectivity index (χ0n) is 19.1. The summed E-state index contributed by atoms with van der Waals surface area (Å²) in [4.78, 5) is 36.6. The first-order chi connectivity index (χ1) is 16.4. The van der Waals surface area contributed by atoms with Crippen molar-refractivity contribution in [3.8, 4) is 5.75 Å². The first-order valence-corrected chi connectivity index (χ1v) is 12.2. The van der Waals surface area contributed by atoms with Crippen molar-refractivity contribution in [3.05, 3.63) is 64.3 Å². The van der Waals surface area contributed by atoms with E-state index in [0.717, 1.165) is 53.7 Å². The molecule has 0 aliphatic carbocycles. The van der Waals surface area contributed by atoms with Crippen LogP contribution in [-0.4, -0.2) is 68.4 Å². The Hall–Kier alpha value is -3.03. The van der Waals surface area contributed by atoms with Crippen LogP contribution in [0.1, 0.15) is 42.6 Å². The molecule has 2 saturated heterocycles. The summed E-state index contributed by atoms with van der Waals surface area (Å²) in [6.45, 7) is 4.98. The van der Waals surface area contributed by atoms with Gasteiger partial charge in [-0.05, 0) is 74.3 Å². The fourth-order valence-electron chi connectivity index (χ4n) is 5.97. The normalized spacial score (nSPS) is 24.8. The minimum Gasteiger partial charge on any atom is -0.508 e. The van der Waals surface area contributed by atoms with Crippen LogP contribution in [-0.2, 0) is 11.2 Å². The van der Waals surface area contributed by atoms with E-state index in [2.05, 4.69) is 9.88 Å². The third-order valence-electron chi connectivity index (χ3n) is 7.65. The lowest BCUT2D eigenvalue weighted by molar-refractivity contribution is -0.133. The number of rotatable bonds is 4. The van der Waals surface area contributed by atoms with Gasteiger partial charge in [0.15, 0.2) is 0 Å². The molecule has 0 saturated carbocycles. The van der Waals surface area contributed by atoms with Gasteiger partial charge in [0.2, 0.25) is 0 Å². The Labute approximate surface area is 202 Å². The van der Waals surface area contributed by atoms with Crippen LogP contribution in [0.5, 0.6) is 5.75 Å². The molecule has 34 heavy (non-hydrogen) atoms. The Bertz CT molecular complexity index is 1310. The van der Waals surface area contributed by atoms with Crippen LogP contribution in [0.3, 0.4) is 0 Å². The Balaban J connectivity index is 1.48. The molecule has 0 radical (unpaired) electrons. The summed E-state index contributed by atoms with van der Waals surface area (Å²) >= 11 is 6.33. The van der Waals surface area contributed by atoms with E-state index >= 15 is 0 Å². The predicted molar refractivity (Wildman–Crippen MR) is 130 cm³/mol. The Morgan fingerprint density at radius 2 is 1.91 bits per heavy atom. The number of aromatic hydroxyl groups is 1. The standard InChI is InChI=1S/C26H27ClN4O3/c1-26-15-20-19-14-17(27)7-8-21(19)28-22(20)23(16-5-4-6-18(32)13-16)31(26)25(34)30(24(26)33)12-11-29-9-2-3-10-29/h4-8,13-14,23,28,32H,2-3,9-12,15H2,1H3. The second kappa shape index (κ2) is 7.75. The monoisotopic (exact) mass is 478 g/mol. The summed E-state index contributed by atoms with van der Waals surface area (Å²) in [6.07, 6.45) is 2.73. The molecule has 0 spiro atoms. The van der Waals surface area contributed by atoms with Crippen molar-refractivity contribution in [2.24, 2.45) is 0 Å². The van der Waals surface area contributed by atoms with E-state index in [-0.39, 0.29) is 17.7 Å². The first-order valence-electron chi connectivity index (χ1n) is 11.8. The number of imide groups is 1. The molecular formula is C26H27ClN4O3. The second-order valence-electron chi connectivity index (χ2n) is 9.81. The number of phenols is 1. The summed E-state index contributed by atoms with van der Waals surface area (Å²) in [6, 6.07) is 11.8. The van der Waals surface area contributed by atoms with Gasteiger partial charge in [-0.25, -0.2) is 4.79 Å². The molecule has 2 aromatic carbocycles. The number of benzene rings is 2. The first kappa shape index (κ1) is 21.5. The van der Waals surface area contributed by atoms with Gasteiger partial charge in [-0.3, -0.25) is 14.6 Å².